The van der Waals surface area contributed by atoms with Crippen LogP contribution in [0, 0.1) is 0 Å². The Morgan fingerprint density at radius 1 is 1.29 bits per heavy atom. The standard InChI is InChI=1S/C19H25N5O4/c1-24-16(10-14(23-24)15-4-3-8-27-15)22-19(25)21-13-7-9-28-18(13)12-5-6-17(26-2)20-11-12/h5-6,10-11,13,15,18H,3-4,7-9H2,1-2H3,(H2,21,22,25)/t13-,15?,18+/m1/s1. The zero-order chi connectivity index (χ0) is 19.5. The SMILES string of the molecule is COc1ccc([C@@H]2OCC[C@H]2NC(=O)Nc2cc(C3CCCO3)nn2C)cn1. The van der Waals surface area contributed by atoms with E-state index in [-0.39, 0.29) is 24.3 Å². The van der Waals surface area contributed by atoms with Gasteiger partial charge in [-0.25, -0.2) is 9.78 Å². The zero-order valence-electron chi connectivity index (χ0n) is 16.1. The third-order valence-electron chi connectivity index (χ3n) is 5.10. The summed E-state index contributed by atoms with van der Waals surface area (Å²) in [5.74, 6) is 1.17. The van der Waals surface area contributed by atoms with Crippen LogP contribution in [0.3, 0.4) is 0 Å². The fraction of sp³-hybridized carbons (Fsp3) is 0.526. The molecule has 2 saturated heterocycles. The topological polar surface area (TPSA) is 99.5 Å². The molecule has 2 aliphatic heterocycles. The predicted molar refractivity (Wildman–Crippen MR) is 101 cm³/mol. The second-order valence-electron chi connectivity index (χ2n) is 7.00. The number of aromatic nitrogens is 3. The minimum atomic E-state index is -0.288. The van der Waals surface area contributed by atoms with Gasteiger partial charge in [0.05, 0.1) is 18.8 Å². The van der Waals surface area contributed by atoms with Crippen molar-refractivity contribution in [3.8, 4) is 5.88 Å². The van der Waals surface area contributed by atoms with Gasteiger partial charge in [0.15, 0.2) is 0 Å². The number of hydrogen-bond acceptors (Lipinski definition) is 6. The summed E-state index contributed by atoms with van der Waals surface area (Å²) in [5, 5.41) is 10.3. The molecular formula is C19H25N5O4. The summed E-state index contributed by atoms with van der Waals surface area (Å²) in [5.41, 5.74) is 1.76. The smallest absolute Gasteiger partial charge is 0.320 e. The summed E-state index contributed by atoms with van der Waals surface area (Å²) in [6.07, 6.45) is 4.22. The summed E-state index contributed by atoms with van der Waals surface area (Å²) < 4.78 is 18.2. The Morgan fingerprint density at radius 3 is 2.89 bits per heavy atom. The van der Waals surface area contributed by atoms with Crippen LogP contribution in [0.15, 0.2) is 24.4 Å². The number of amides is 2. The monoisotopic (exact) mass is 387 g/mol. The first-order valence-electron chi connectivity index (χ1n) is 9.48. The first-order chi connectivity index (χ1) is 13.6. The van der Waals surface area contributed by atoms with Crippen molar-refractivity contribution in [1.29, 1.82) is 0 Å². The quantitative estimate of drug-likeness (QED) is 0.817. The van der Waals surface area contributed by atoms with E-state index in [0.29, 0.717) is 18.3 Å². The van der Waals surface area contributed by atoms with Gasteiger partial charge in [-0.05, 0) is 25.3 Å². The summed E-state index contributed by atoms with van der Waals surface area (Å²) in [6.45, 7) is 1.34. The number of rotatable bonds is 5. The number of nitrogens with zero attached hydrogens (tertiary/aromatic N) is 3. The van der Waals surface area contributed by atoms with Gasteiger partial charge in [0.25, 0.3) is 0 Å². The first kappa shape index (κ1) is 18.7. The molecule has 2 N–H and O–H groups in total. The van der Waals surface area contributed by atoms with Gasteiger partial charge in [-0.2, -0.15) is 5.10 Å². The lowest BCUT2D eigenvalue weighted by Crippen LogP contribution is -2.39. The molecule has 2 aromatic rings. The highest BCUT2D eigenvalue weighted by Crippen LogP contribution is 2.30. The number of pyridine rings is 1. The van der Waals surface area contributed by atoms with Crippen molar-refractivity contribution < 1.29 is 19.0 Å². The van der Waals surface area contributed by atoms with Crippen LogP contribution >= 0.6 is 0 Å². The number of carbonyl (C=O) groups excluding carboxylic acids is 1. The van der Waals surface area contributed by atoms with Gasteiger partial charge in [-0.3, -0.25) is 10.00 Å². The average Bonchev–Trinajstić information content (AvgIpc) is 3.44. The lowest BCUT2D eigenvalue weighted by Gasteiger charge is -2.20. The molecule has 9 heteroatoms. The second kappa shape index (κ2) is 8.15. The Morgan fingerprint density at radius 2 is 2.18 bits per heavy atom. The highest BCUT2D eigenvalue weighted by atomic mass is 16.5. The molecule has 2 amide bonds. The van der Waals surface area contributed by atoms with E-state index in [2.05, 4.69) is 20.7 Å². The molecule has 0 aromatic carbocycles. The maximum absolute atomic E-state index is 12.5. The van der Waals surface area contributed by atoms with E-state index in [4.69, 9.17) is 14.2 Å². The number of hydrogen-bond donors (Lipinski definition) is 2. The van der Waals surface area contributed by atoms with Crippen molar-refractivity contribution in [1.82, 2.24) is 20.1 Å². The van der Waals surface area contributed by atoms with Crippen LogP contribution in [0.1, 0.15) is 42.7 Å². The van der Waals surface area contributed by atoms with Crippen LogP contribution in [0.5, 0.6) is 5.88 Å². The van der Waals surface area contributed by atoms with Crippen LogP contribution < -0.4 is 15.4 Å². The molecule has 0 saturated carbocycles. The Bertz CT molecular complexity index is 816. The van der Waals surface area contributed by atoms with E-state index in [0.717, 1.165) is 37.1 Å². The van der Waals surface area contributed by atoms with Crippen molar-refractivity contribution in [3.05, 3.63) is 35.7 Å². The van der Waals surface area contributed by atoms with Gasteiger partial charge >= 0.3 is 6.03 Å². The van der Waals surface area contributed by atoms with Crippen LogP contribution in [0.2, 0.25) is 0 Å². The lowest BCUT2D eigenvalue weighted by molar-refractivity contribution is 0.100. The van der Waals surface area contributed by atoms with Gasteiger partial charge in [0.1, 0.15) is 18.0 Å². The lowest BCUT2D eigenvalue weighted by atomic mass is 10.0. The molecule has 4 heterocycles. The number of urea groups is 1. The first-order valence-corrected chi connectivity index (χ1v) is 9.48. The molecule has 0 aliphatic carbocycles. The van der Waals surface area contributed by atoms with E-state index in [1.807, 2.05) is 12.1 Å². The van der Waals surface area contributed by atoms with Crippen LogP contribution in [-0.4, -0.2) is 47.2 Å². The highest BCUT2D eigenvalue weighted by molar-refractivity contribution is 5.88. The molecule has 3 atom stereocenters. The fourth-order valence-electron chi connectivity index (χ4n) is 3.64. The molecule has 150 valence electrons. The van der Waals surface area contributed by atoms with Crippen LogP contribution in [0.4, 0.5) is 10.6 Å². The maximum atomic E-state index is 12.5. The zero-order valence-corrected chi connectivity index (χ0v) is 16.1. The fourth-order valence-corrected chi connectivity index (χ4v) is 3.64. The van der Waals surface area contributed by atoms with Gasteiger partial charge in [-0.15, -0.1) is 0 Å². The molecule has 0 radical (unpaired) electrons. The van der Waals surface area contributed by atoms with Crippen molar-refractivity contribution >= 4 is 11.8 Å². The van der Waals surface area contributed by atoms with Crippen LogP contribution in [0.25, 0.3) is 0 Å². The van der Waals surface area contributed by atoms with Gasteiger partial charge in [0.2, 0.25) is 5.88 Å². The summed E-state index contributed by atoms with van der Waals surface area (Å²) in [4.78, 5) is 16.8. The van der Waals surface area contributed by atoms with E-state index < -0.39 is 0 Å². The number of nitrogens with one attached hydrogen (secondary N) is 2. The predicted octanol–water partition coefficient (Wildman–Crippen LogP) is 2.33. The third kappa shape index (κ3) is 3.95. The number of ether oxygens (including phenoxy) is 3. The largest absolute Gasteiger partial charge is 0.481 e. The van der Waals surface area contributed by atoms with Gasteiger partial charge in [0, 0.05) is 44.2 Å². The molecule has 0 spiro atoms. The third-order valence-corrected chi connectivity index (χ3v) is 5.10. The van der Waals surface area contributed by atoms with Crippen LogP contribution in [-0.2, 0) is 16.5 Å². The van der Waals surface area contributed by atoms with Crippen molar-refractivity contribution in [3.63, 3.8) is 0 Å². The molecular weight excluding hydrogens is 362 g/mol. The maximum Gasteiger partial charge on any atom is 0.320 e. The van der Waals surface area contributed by atoms with Gasteiger partial charge < -0.3 is 19.5 Å². The Balaban J connectivity index is 1.38. The summed E-state index contributed by atoms with van der Waals surface area (Å²) >= 11 is 0. The van der Waals surface area contributed by atoms with Gasteiger partial charge in [-0.1, -0.05) is 0 Å². The number of carbonyl (C=O) groups is 1. The van der Waals surface area contributed by atoms with E-state index in [1.54, 1.807) is 31.1 Å². The summed E-state index contributed by atoms with van der Waals surface area (Å²) in [7, 11) is 3.38. The van der Waals surface area contributed by atoms with Crippen molar-refractivity contribution in [2.45, 2.75) is 37.5 Å². The molecule has 1 unspecified atom stereocenters. The Hall–Kier alpha value is -2.65. The number of methoxy groups -OCH3 is 1. The minimum absolute atomic E-state index is 0.0139. The highest BCUT2D eigenvalue weighted by Gasteiger charge is 2.31. The molecule has 28 heavy (non-hydrogen) atoms. The second-order valence-corrected chi connectivity index (χ2v) is 7.00. The van der Waals surface area contributed by atoms with E-state index in [9.17, 15) is 4.79 Å². The average molecular weight is 387 g/mol. The van der Waals surface area contributed by atoms with Crippen molar-refractivity contribution in [2.24, 2.45) is 7.05 Å². The molecule has 2 aliphatic rings. The number of aryl methyl sites for hydroxylation is 1. The minimum Gasteiger partial charge on any atom is -0.481 e. The molecule has 2 fully saturated rings. The number of anilines is 1. The summed E-state index contributed by atoms with van der Waals surface area (Å²) in [6, 6.07) is 5.13. The molecule has 4 rings (SSSR count). The molecule has 9 nitrogen and oxygen atoms in total. The normalized spacial score (nSPS) is 24.3. The Labute approximate surface area is 163 Å². The van der Waals surface area contributed by atoms with Crippen molar-refractivity contribution in [2.75, 3.05) is 25.6 Å². The Kier molecular flexibility index (Phi) is 5.45. The molecule has 0 bridgehead atoms. The van der Waals surface area contributed by atoms with E-state index >= 15 is 0 Å². The van der Waals surface area contributed by atoms with E-state index in [1.165, 1.54) is 0 Å². The molecule has 2 aromatic heterocycles.